The van der Waals surface area contributed by atoms with E-state index < -0.39 is 5.91 Å². The maximum Gasteiger partial charge on any atom is 0.252 e. The third-order valence-electron chi connectivity index (χ3n) is 6.74. The van der Waals surface area contributed by atoms with Gasteiger partial charge in [0.05, 0.1) is 11.6 Å². The topological polar surface area (TPSA) is 90.5 Å². The molecule has 1 saturated carbocycles. The lowest BCUT2D eigenvalue weighted by atomic mass is 9.65. The Morgan fingerprint density at radius 2 is 1.79 bits per heavy atom. The van der Waals surface area contributed by atoms with Gasteiger partial charge in [0, 0.05) is 24.8 Å². The number of benzene rings is 2. The van der Waals surface area contributed by atoms with E-state index in [0.29, 0.717) is 17.0 Å². The summed E-state index contributed by atoms with van der Waals surface area (Å²) in [5.41, 5.74) is 7.59. The van der Waals surface area contributed by atoms with Gasteiger partial charge in [-0.15, -0.1) is 0 Å². The molecule has 0 unspecified atom stereocenters. The average Bonchev–Trinajstić information content (AvgIpc) is 3.44. The Kier molecular flexibility index (Phi) is 5.24. The Morgan fingerprint density at radius 3 is 2.45 bits per heavy atom. The highest BCUT2D eigenvalue weighted by Gasteiger charge is 2.50. The zero-order valence-corrected chi connectivity index (χ0v) is 18.3. The van der Waals surface area contributed by atoms with E-state index in [-0.39, 0.29) is 17.4 Å². The second-order valence-electron chi connectivity index (χ2n) is 8.95. The van der Waals surface area contributed by atoms with Crippen LogP contribution in [0.15, 0.2) is 73.4 Å². The maximum atomic E-state index is 12.1. The lowest BCUT2D eigenvalue weighted by Crippen LogP contribution is -2.41. The van der Waals surface area contributed by atoms with Crippen LogP contribution in [-0.4, -0.2) is 39.6 Å². The first-order valence-corrected chi connectivity index (χ1v) is 11.1. The van der Waals surface area contributed by atoms with Gasteiger partial charge in [0.2, 0.25) is 5.91 Å². The van der Waals surface area contributed by atoms with Gasteiger partial charge < -0.3 is 15.4 Å². The van der Waals surface area contributed by atoms with Gasteiger partial charge in [-0.25, -0.2) is 0 Å². The van der Waals surface area contributed by atoms with E-state index in [4.69, 9.17) is 15.6 Å². The SMILES string of the molecule is C=CC(=O)N1CCC2(CC(n3cc(C(N)=O)c(-c4ccc(Oc5ccccc5)cc4)n3)C2)C1. The first-order chi connectivity index (χ1) is 16.0. The summed E-state index contributed by atoms with van der Waals surface area (Å²) < 4.78 is 7.72. The predicted octanol–water partition coefficient (Wildman–Crippen LogP) is 4.18. The highest BCUT2D eigenvalue weighted by molar-refractivity contribution is 5.98. The van der Waals surface area contributed by atoms with Crippen LogP contribution >= 0.6 is 0 Å². The summed E-state index contributed by atoms with van der Waals surface area (Å²) in [6.45, 7) is 5.11. The van der Waals surface area contributed by atoms with Crippen LogP contribution in [0, 0.1) is 5.41 Å². The third kappa shape index (κ3) is 4.02. The number of aromatic nitrogens is 2. The molecule has 1 aliphatic heterocycles. The monoisotopic (exact) mass is 442 g/mol. The largest absolute Gasteiger partial charge is 0.457 e. The molecule has 0 bridgehead atoms. The number of amides is 2. The van der Waals surface area contributed by atoms with Crippen molar-refractivity contribution in [2.24, 2.45) is 11.1 Å². The smallest absolute Gasteiger partial charge is 0.252 e. The van der Waals surface area contributed by atoms with Crippen LogP contribution < -0.4 is 10.5 Å². The molecular formula is C26H26N4O3. The standard InChI is InChI=1S/C26H26N4O3/c1-2-23(31)29-13-12-26(17-29)14-19(15-26)30-16-22(25(27)32)24(28-30)18-8-10-21(11-9-18)33-20-6-4-3-5-7-20/h2-11,16,19H,1,12-15,17H2,(H2,27,32). The molecule has 33 heavy (non-hydrogen) atoms. The lowest BCUT2D eigenvalue weighted by Gasteiger charge is -2.45. The molecule has 2 heterocycles. The van der Waals surface area contributed by atoms with Gasteiger partial charge in [-0.3, -0.25) is 14.3 Å². The van der Waals surface area contributed by atoms with Crippen molar-refractivity contribution in [3.05, 3.63) is 79.0 Å². The van der Waals surface area contributed by atoms with Crippen molar-refractivity contribution in [3.63, 3.8) is 0 Å². The molecule has 2 fully saturated rings. The Hall–Kier alpha value is -3.87. The van der Waals surface area contributed by atoms with Crippen LogP contribution in [-0.2, 0) is 4.79 Å². The van der Waals surface area contributed by atoms with Crippen molar-refractivity contribution >= 4 is 11.8 Å². The molecule has 2 aromatic carbocycles. The number of likely N-dealkylation sites (tertiary alicyclic amines) is 1. The molecule has 2 N–H and O–H groups in total. The average molecular weight is 443 g/mol. The molecule has 0 atom stereocenters. The van der Waals surface area contributed by atoms with Crippen molar-refractivity contribution in [2.75, 3.05) is 13.1 Å². The van der Waals surface area contributed by atoms with Crippen LogP contribution in [0.2, 0.25) is 0 Å². The number of carbonyl (C=O) groups excluding carboxylic acids is 2. The fourth-order valence-corrected chi connectivity index (χ4v) is 4.99. The summed E-state index contributed by atoms with van der Waals surface area (Å²) in [7, 11) is 0. The third-order valence-corrected chi connectivity index (χ3v) is 6.74. The normalized spacial score (nSPS) is 21.6. The van der Waals surface area contributed by atoms with Gasteiger partial charge in [0.25, 0.3) is 5.91 Å². The number of ether oxygens (including phenoxy) is 1. The molecule has 168 valence electrons. The van der Waals surface area contributed by atoms with E-state index in [1.807, 2.05) is 64.2 Å². The number of para-hydroxylation sites is 1. The van der Waals surface area contributed by atoms with Gasteiger partial charge in [-0.05, 0) is 67.2 Å². The highest BCUT2D eigenvalue weighted by Crippen LogP contribution is 2.54. The number of carbonyl (C=O) groups is 2. The van der Waals surface area contributed by atoms with Gasteiger partial charge in [-0.2, -0.15) is 5.10 Å². The number of nitrogens with two attached hydrogens (primary N) is 1. The van der Waals surface area contributed by atoms with E-state index in [2.05, 4.69) is 6.58 Å². The minimum atomic E-state index is -0.501. The lowest BCUT2D eigenvalue weighted by molar-refractivity contribution is -0.125. The van der Waals surface area contributed by atoms with Crippen molar-refractivity contribution < 1.29 is 14.3 Å². The van der Waals surface area contributed by atoms with Crippen LogP contribution in [0.3, 0.4) is 0 Å². The number of hydrogen-bond acceptors (Lipinski definition) is 4. The maximum absolute atomic E-state index is 12.1. The minimum absolute atomic E-state index is 0.00703. The van der Waals surface area contributed by atoms with Crippen molar-refractivity contribution in [1.82, 2.24) is 14.7 Å². The van der Waals surface area contributed by atoms with Crippen LogP contribution in [0.25, 0.3) is 11.3 Å². The Balaban J connectivity index is 1.32. The van der Waals surface area contributed by atoms with E-state index >= 15 is 0 Å². The molecule has 5 rings (SSSR count). The summed E-state index contributed by atoms with van der Waals surface area (Å²) >= 11 is 0. The minimum Gasteiger partial charge on any atom is -0.457 e. The molecule has 2 amide bonds. The number of primary amides is 1. The Labute approximate surface area is 192 Å². The van der Waals surface area contributed by atoms with Crippen molar-refractivity contribution in [2.45, 2.75) is 25.3 Å². The van der Waals surface area contributed by atoms with Crippen molar-refractivity contribution in [1.29, 1.82) is 0 Å². The number of nitrogens with zero attached hydrogens (tertiary/aromatic N) is 3. The Morgan fingerprint density at radius 1 is 1.09 bits per heavy atom. The summed E-state index contributed by atoms with van der Waals surface area (Å²) in [6, 6.07) is 17.2. The van der Waals surface area contributed by atoms with Crippen LogP contribution in [0.4, 0.5) is 0 Å². The summed E-state index contributed by atoms with van der Waals surface area (Å²) in [5.74, 6) is 0.947. The van der Waals surface area contributed by atoms with Crippen molar-refractivity contribution in [3.8, 4) is 22.8 Å². The summed E-state index contributed by atoms with van der Waals surface area (Å²) in [5, 5.41) is 4.74. The summed E-state index contributed by atoms with van der Waals surface area (Å²) in [4.78, 5) is 25.9. The molecule has 7 heteroatoms. The molecule has 1 spiro atoms. The second-order valence-corrected chi connectivity index (χ2v) is 8.95. The van der Waals surface area contributed by atoms with Gasteiger partial charge in [0.1, 0.15) is 17.2 Å². The molecule has 3 aromatic rings. The van der Waals surface area contributed by atoms with Crippen LogP contribution in [0.1, 0.15) is 35.7 Å². The molecule has 7 nitrogen and oxygen atoms in total. The quantitative estimate of drug-likeness (QED) is 0.580. The van der Waals surface area contributed by atoms with E-state index in [9.17, 15) is 9.59 Å². The highest BCUT2D eigenvalue weighted by atomic mass is 16.5. The number of rotatable bonds is 6. The zero-order valence-electron chi connectivity index (χ0n) is 18.3. The van der Waals surface area contributed by atoms with Gasteiger partial charge in [-0.1, -0.05) is 24.8 Å². The Bertz CT molecular complexity index is 1190. The molecule has 2 aliphatic rings. The van der Waals surface area contributed by atoms with Crippen LogP contribution in [0.5, 0.6) is 11.5 Å². The summed E-state index contributed by atoms with van der Waals surface area (Å²) in [6.07, 6.45) is 5.98. The molecular weight excluding hydrogens is 416 g/mol. The van der Waals surface area contributed by atoms with E-state index in [0.717, 1.165) is 43.7 Å². The zero-order chi connectivity index (χ0) is 23.0. The fraction of sp³-hybridized carbons (Fsp3) is 0.269. The molecule has 1 aromatic heterocycles. The van der Waals surface area contributed by atoms with Gasteiger partial charge >= 0.3 is 0 Å². The first kappa shape index (κ1) is 21.0. The molecule has 1 saturated heterocycles. The second kappa shape index (κ2) is 8.24. The van der Waals surface area contributed by atoms with Gasteiger partial charge in [0.15, 0.2) is 0 Å². The number of hydrogen-bond donors (Lipinski definition) is 1. The first-order valence-electron chi connectivity index (χ1n) is 11.1. The fourth-order valence-electron chi connectivity index (χ4n) is 4.99. The molecule has 0 radical (unpaired) electrons. The van der Waals surface area contributed by atoms with E-state index in [1.54, 1.807) is 6.20 Å². The predicted molar refractivity (Wildman–Crippen MR) is 125 cm³/mol. The molecule has 1 aliphatic carbocycles. The van der Waals surface area contributed by atoms with E-state index in [1.165, 1.54) is 6.08 Å².